The number of carbonyl (C=O) groups excluding carboxylic acids is 1. The van der Waals surface area contributed by atoms with Crippen LogP contribution in [-0.4, -0.2) is 68.8 Å². The summed E-state index contributed by atoms with van der Waals surface area (Å²) in [6, 6.07) is 12.1. The lowest BCUT2D eigenvalue weighted by Crippen LogP contribution is -2.38. The van der Waals surface area contributed by atoms with E-state index in [2.05, 4.69) is 4.90 Å². The van der Waals surface area contributed by atoms with Gasteiger partial charge in [0.05, 0.1) is 43.9 Å². The van der Waals surface area contributed by atoms with Gasteiger partial charge in [-0.2, -0.15) is 0 Å². The van der Waals surface area contributed by atoms with Crippen LogP contribution in [0.5, 0.6) is 11.5 Å². The lowest BCUT2D eigenvalue weighted by atomic mass is 9.98. The molecule has 0 saturated carbocycles. The molecule has 0 spiro atoms. The molecule has 0 unspecified atom stereocenters. The van der Waals surface area contributed by atoms with Crippen molar-refractivity contribution in [2.45, 2.75) is 25.8 Å². The van der Waals surface area contributed by atoms with Crippen molar-refractivity contribution in [3.8, 4) is 11.5 Å². The van der Waals surface area contributed by atoms with Gasteiger partial charge in [0, 0.05) is 26.2 Å². The molecule has 8 heteroatoms. The number of methoxy groups -OCH3 is 1. The first-order chi connectivity index (χ1) is 17.6. The number of ether oxygens (including phenoxy) is 3. The summed E-state index contributed by atoms with van der Waals surface area (Å²) in [5.41, 5.74) is 1.42. The number of amides is 1. The molecule has 8 nitrogen and oxygen atoms in total. The Morgan fingerprint density at radius 3 is 2.61 bits per heavy atom. The number of hydrogen-bond acceptors (Lipinski definition) is 7. The van der Waals surface area contributed by atoms with Crippen LogP contribution in [0.3, 0.4) is 0 Å². The van der Waals surface area contributed by atoms with E-state index < -0.39 is 6.04 Å². The molecular formula is C28H32N2O6. The Balaban J connectivity index is 1.53. The fourth-order valence-corrected chi connectivity index (χ4v) is 5.02. The van der Waals surface area contributed by atoms with Crippen molar-refractivity contribution in [2.24, 2.45) is 0 Å². The average Bonchev–Trinajstić information content (AvgIpc) is 3.19. The molecule has 0 radical (unpaired) electrons. The monoisotopic (exact) mass is 492 g/mol. The Kier molecular flexibility index (Phi) is 7.25. The molecule has 190 valence electrons. The maximum absolute atomic E-state index is 13.7. The fourth-order valence-electron chi connectivity index (χ4n) is 5.02. The summed E-state index contributed by atoms with van der Waals surface area (Å²) in [5, 5.41) is 0.471. The van der Waals surface area contributed by atoms with Crippen molar-refractivity contribution in [2.75, 3.05) is 53.1 Å². The second-order valence-corrected chi connectivity index (χ2v) is 9.14. The molecule has 3 heterocycles. The van der Waals surface area contributed by atoms with Crippen molar-refractivity contribution in [3.63, 3.8) is 0 Å². The molecular weight excluding hydrogens is 460 g/mol. The van der Waals surface area contributed by atoms with Gasteiger partial charge in [-0.25, -0.2) is 0 Å². The summed E-state index contributed by atoms with van der Waals surface area (Å²) in [6.07, 6.45) is 1.65. The quantitative estimate of drug-likeness (QED) is 0.449. The Morgan fingerprint density at radius 2 is 1.83 bits per heavy atom. The van der Waals surface area contributed by atoms with Crippen molar-refractivity contribution in [3.05, 3.63) is 69.6 Å². The van der Waals surface area contributed by atoms with Crippen LogP contribution in [0, 0.1) is 0 Å². The zero-order valence-electron chi connectivity index (χ0n) is 20.8. The van der Waals surface area contributed by atoms with Crippen LogP contribution in [0.4, 0.5) is 0 Å². The molecule has 2 aliphatic rings. The van der Waals surface area contributed by atoms with E-state index in [1.165, 1.54) is 0 Å². The predicted molar refractivity (Wildman–Crippen MR) is 136 cm³/mol. The van der Waals surface area contributed by atoms with E-state index in [9.17, 15) is 9.59 Å². The molecule has 0 N–H and O–H groups in total. The highest BCUT2D eigenvalue weighted by molar-refractivity contribution is 5.99. The third kappa shape index (κ3) is 4.58. The number of morpholine rings is 1. The number of fused-ring (bicyclic) bond motifs is 2. The molecule has 2 aliphatic heterocycles. The van der Waals surface area contributed by atoms with Crippen LogP contribution in [-0.2, 0) is 4.74 Å². The average molecular weight is 493 g/mol. The minimum Gasteiger partial charge on any atom is -0.493 e. The van der Waals surface area contributed by atoms with Crippen LogP contribution < -0.4 is 14.9 Å². The molecule has 1 fully saturated rings. The Morgan fingerprint density at radius 1 is 1.03 bits per heavy atom. The van der Waals surface area contributed by atoms with Gasteiger partial charge >= 0.3 is 0 Å². The van der Waals surface area contributed by atoms with E-state index >= 15 is 0 Å². The van der Waals surface area contributed by atoms with Crippen LogP contribution in [0.25, 0.3) is 11.0 Å². The highest BCUT2D eigenvalue weighted by Crippen LogP contribution is 2.41. The van der Waals surface area contributed by atoms with Crippen LogP contribution >= 0.6 is 0 Å². The number of rotatable bonds is 9. The Hall–Kier alpha value is -3.36. The standard InChI is InChI=1S/C28H32N2O6/c1-3-15-35-22-10-9-19(18-23(22)33-2)25-24-26(31)20-7-4-5-8-21(20)36-27(24)28(32)30(25)12-6-11-29-13-16-34-17-14-29/h4-5,7-10,18,25H,3,6,11-17H2,1-2H3/t25-/m0/s1. The number of para-hydroxylation sites is 1. The van der Waals surface area contributed by atoms with E-state index in [1.807, 2.05) is 25.1 Å². The van der Waals surface area contributed by atoms with Crippen LogP contribution in [0.2, 0.25) is 0 Å². The molecule has 5 rings (SSSR count). The second-order valence-electron chi connectivity index (χ2n) is 9.14. The summed E-state index contributed by atoms with van der Waals surface area (Å²) in [7, 11) is 1.59. The maximum Gasteiger partial charge on any atom is 0.290 e. The minimum atomic E-state index is -0.563. The predicted octanol–water partition coefficient (Wildman–Crippen LogP) is 3.86. The highest BCUT2D eigenvalue weighted by atomic mass is 16.5. The largest absolute Gasteiger partial charge is 0.493 e. The summed E-state index contributed by atoms with van der Waals surface area (Å²) in [4.78, 5) is 31.4. The van der Waals surface area contributed by atoms with Crippen molar-refractivity contribution < 1.29 is 23.4 Å². The molecule has 1 aromatic heterocycles. The molecule has 1 atom stereocenters. The van der Waals surface area contributed by atoms with Gasteiger partial charge in [-0.3, -0.25) is 14.5 Å². The summed E-state index contributed by atoms with van der Waals surface area (Å²) >= 11 is 0. The smallest absolute Gasteiger partial charge is 0.290 e. The van der Waals surface area contributed by atoms with Gasteiger partial charge in [-0.15, -0.1) is 0 Å². The van der Waals surface area contributed by atoms with Crippen molar-refractivity contribution in [1.82, 2.24) is 9.80 Å². The van der Waals surface area contributed by atoms with Gasteiger partial charge in [-0.05, 0) is 42.7 Å². The third-order valence-electron chi connectivity index (χ3n) is 6.82. The van der Waals surface area contributed by atoms with Gasteiger partial charge in [0.15, 0.2) is 16.9 Å². The summed E-state index contributed by atoms with van der Waals surface area (Å²) in [5.74, 6) is 1.07. The molecule has 3 aromatic rings. The highest BCUT2D eigenvalue weighted by Gasteiger charge is 2.42. The van der Waals surface area contributed by atoms with E-state index in [-0.39, 0.29) is 17.1 Å². The molecule has 0 bridgehead atoms. The number of hydrogen-bond donors (Lipinski definition) is 0. The molecule has 36 heavy (non-hydrogen) atoms. The second kappa shape index (κ2) is 10.7. The topological polar surface area (TPSA) is 81.5 Å². The first-order valence-corrected chi connectivity index (χ1v) is 12.6. The normalized spacial score (nSPS) is 18.0. The van der Waals surface area contributed by atoms with E-state index in [0.29, 0.717) is 41.2 Å². The van der Waals surface area contributed by atoms with E-state index in [1.54, 1.807) is 36.3 Å². The SMILES string of the molecule is CCCOc1ccc([C@H]2c3c(oc4ccccc4c3=O)C(=O)N2CCCN2CCOCC2)cc1OC. The lowest BCUT2D eigenvalue weighted by molar-refractivity contribution is 0.0353. The van der Waals surface area contributed by atoms with E-state index in [0.717, 1.165) is 51.3 Å². The Bertz CT molecular complexity index is 1300. The summed E-state index contributed by atoms with van der Waals surface area (Å²) in [6.45, 7) is 7.20. The number of benzene rings is 2. The first-order valence-electron chi connectivity index (χ1n) is 12.6. The van der Waals surface area contributed by atoms with Crippen LogP contribution in [0.1, 0.15) is 47.5 Å². The van der Waals surface area contributed by atoms with Gasteiger partial charge in [0.25, 0.3) is 5.91 Å². The zero-order chi connectivity index (χ0) is 25.1. The third-order valence-corrected chi connectivity index (χ3v) is 6.82. The van der Waals surface area contributed by atoms with Crippen molar-refractivity contribution in [1.29, 1.82) is 0 Å². The number of nitrogens with zero attached hydrogens (tertiary/aromatic N) is 2. The van der Waals surface area contributed by atoms with Gasteiger partial charge in [-0.1, -0.05) is 25.1 Å². The zero-order valence-corrected chi connectivity index (χ0v) is 20.8. The minimum absolute atomic E-state index is 0.125. The van der Waals surface area contributed by atoms with Gasteiger partial charge < -0.3 is 23.5 Å². The molecule has 0 aliphatic carbocycles. The van der Waals surface area contributed by atoms with Crippen LogP contribution in [0.15, 0.2) is 51.7 Å². The van der Waals surface area contributed by atoms with Crippen molar-refractivity contribution >= 4 is 16.9 Å². The summed E-state index contributed by atoms with van der Waals surface area (Å²) < 4.78 is 22.9. The molecule has 2 aromatic carbocycles. The van der Waals surface area contributed by atoms with Gasteiger partial charge in [0.2, 0.25) is 5.76 Å². The van der Waals surface area contributed by atoms with Gasteiger partial charge in [0.1, 0.15) is 5.58 Å². The van der Waals surface area contributed by atoms with E-state index in [4.69, 9.17) is 18.6 Å². The number of carbonyl (C=O) groups is 1. The first kappa shape index (κ1) is 24.3. The fraction of sp³-hybridized carbons (Fsp3) is 0.429. The molecule has 1 saturated heterocycles. The maximum atomic E-state index is 13.7. The Labute approximate surface area is 210 Å². The lowest BCUT2D eigenvalue weighted by Gasteiger charge is -2.29. The molecule has 1 amide bonds.